The van der Waals surface area contributed by atoms with Crippen LogP contribution in [-0.4, -0.2) is 29.5 Å². The Balaban J connectivity index is 0. The number of carbonyl (C=O) groups excluding carboxylic acids is 1. The van der Waals surface area contributed by atoms with E-state index in [1.165, 1.54) is 14.2 Å². The monoisotopic (exact) mass is 244 g/mol. The molecule has 0 heterocycles. The first-order valence-corrected chi connectivity index (χ1v) is 5.82. The van der Waals surface area contributed by atoms with Crippen molar-refractivity contribution >= 4 is 15.3 Å². The summed E-state index contributed by atoms with van der Waals surface area (Å²) in [4.78, 5) is 10.9. The van der Waals surface area contributed by atoms with Crippen LogP contribution in [0.2, 0.25) is 5.04 Å². The van der Waals surface area contributed by atoms with Crippen LogP contribution in [0, 0.1) is 0 Å². The summed E-state index contributed by atoms with van der Waals surface area (Å²) in [7, 11) is 0.807. The summed E-state index contributed by atoms with van der Waals surface area (Å²) in [6.07, 6.45) is 1.31. The van der Waals surface area contributed by atoms with E-state index in [9.17, 15) is 9.90 Å². The molecule has 0 bridgehead atoms. The molecular formula is C8H17KO4Si. The van der Waals surface area contributed by atoms with E-state index >= 15 is 0 Å². The number of hydrogen-bond acceptors (Lipinski definition) is 4. The van der Waals surface area contributed by atoms with Crippen molar-refractivity contribution < 1.29 is 70.1 Å². The Morgan fingerprint density at radius 2 is 1.86 bits per heavy atom. The van der Waals surface area contributed by atoms with Gasteiger partial charge < -0.3 is 18.8 Å². The Kier molecular flexibility index (Phi) is 10.6. The van der Waals surface area contributed by atoms with Crippen molar-refractivity contribution in [3.8, 4) is 0 Å². The molecule has 0 amide bonds. The van der Waals surface area contributed by atoms with Gasteiger partial charge in [0.1, 0.15) is 0 Å². The molecular weight excluding hydrogens is 227 g/mol. The predicted octanol–water partition coefficient (Wildman–Crippen LogP) is -3.19. The number of aliphatic carboxylic acids is 1. The zero-order valence-electron chi connectivity index (χ0n) is 9.62. The Morgan fingerprint density at radius 3 is 2.07 bits per heavy atom. The Bertz CT molecular complexity index is 175. The quantitative estimate of drug-likeness (QED) is 0.462. The smallest absolute Gasteiger partial charge is 0.550 e. The average Bonchev–Trinajstić information content (AvgIpc) is 2.06. The molecule has 0 spiro atoms. The van der Waals surface area contributed by atoms with Crippen LogP contribution >= 0.6 is 0 Å². The van der Waals surface area contributed by atoms with Crippen LogP contribution in [0.1, 0.15) is 26.7 Å². The molecule has 0 aromatic rings. The zero-order valence-corrected chi connectivity index (χ0v) is 13.9. The first-order valence-electron chi connectivity index (χ1n) is 4.30. The summed E-state index contributed by atoms with van der Waals surface area (Å²) in [6, 6.07) is 0. The van der Waals surface area contributed by atoms with Crippen molar-refractivity contribution in [1.29, 1.82) is 0 Å². The van der Waals surface area contributed by atoms with Crippen molar-refractivity contribution in [2.75, 3.05) is 14.2 Å². The summed E-state index contributed by atoms with van der Waals surface area (Å²) in [6.45, 7) is 3.56. The van der Waals surface area contributed by atoms with Crippen LogP contribution in [0.3, 0.4) is 0 Å². The summed E-state index contributed by atoms with van der Waals surface area (Å²) in [5.41, 5.74) is 0. The molecule has 0 fully saturated rings. The second-order valence-electron chi connectivity index (χ2n) is 3.26. The van der Waals surface area contributed by atoms with Crippen LogP contribution in [0.15, 0.2) is 0 Å². The Hall–Kier alpha value is 1.24. The van der Waals surface area contributed by atoms with E-state index < -0.39 is 20.3 Å². The maximum absolute atomic E-state index is 10.9. The number of carboxylic acids is 1. The maximum Gasteiger partial charge on any atom is 1.00 e. The van der Waals surface area contributed by atoms with Crippen LogP contribution < -0.4 is 56.5 Å². The van der Waals surface area contributed by atoms with Gasteiger partial charge in [0.15, 0.2) is 0 Å². The first-order chi connectivity index (χ1) is 6.02. The van der Waals surface area contributed by atoms with Gasteiger partial charge in [0, 0.05) is 25.2 Å². The van der Waals surface area contributed by atoms with Crippen molar-refractivity contribution in [2.24, 2.45) is 0 Å². The second-order valence-corrected chi connectivity index (χ2v) is 6.14. The SMILES string of the molecule is CCCC(C)(C(=O)[O-])[SiH](OC)OC.[K+]. The fraction of sp³-hybridized carbons (Fsp3) is 0.875. The van der Waals surface area contributed by atoms with E-state index in [4.69, 9.17) is 8.85 Å². The number of carboxylic acid groups (broad SMARTS) is 1. The van der Waals surface area contributed by atoms with Gasteiger partial charge in [0.2, 0.25) is 0 Å². The largest absolute Gasteiger partial charge is 1.00 e. The van der Waals surface area contributed by atoms with Crippen molar-refractivity contribution in [3.05, 3.63) is 0 Å². The maximum atomic E-state index is 10.9. The molecule has 78 valence electrons. The summed E-state index contributed by atoms with van der Waals surface area (Å²) >= 11 is 0. The van der Waals surface area contributed by atoms with Gasteiger partial charge in [-0.25, -0.2) is 0 Å². The molecule has 14 heavy (non-hydrogen) atoms. The van der Waals surface area contributed by atoms with Crippen LogP contribution in [0.4, 0.5) is 0 Å². The summed E-state index contributed by atoms with van der Waals surface area (Å²) in [5.74, 6) is -1.07. The van der Waals surface area contributed by atoms with Crippen molar-refractivity contribution in [2.45, 2.75) is 31.7 Å². The fourth-order valence-electron chi connectivity index (χ4n) is 1.45. The molecule has 0 radical (unpaired) electrons. The zero-order chi connectivity index (χ0) is 10.5. The van der Waals surface area contributed by atoms with Gasteiger partial charge in [-0.15, -0.1) is 0 Å². The first kappa shape index (κ1) is 17.6. The van der Waals surface area contributed by atoms with E-state index in [2.05, 4.69) is 0 Å². The average molecular weight is 244 g/mol. The Morgan fingerprint density at radius 1 is 1.43 bits per heavy atom. The van der Waals surface area contributed by atoms with Crippen LogP contribution in [-0.2, 0) is 13.6 Å². The topological polar surface area (TPSA) is 58.6 Å². The third-order valence-electron chi connectivity index (χ3n) is 2.18. The number of hydrogen-bond donors (Lipinski definition) is 0. The van der Waals surface area contributed by atoms with Crippen LogP contribution in [0.5, 0.6) is 0 Å². The minimum Gasteiger partial charge on any atom is -0.550 e. The van der Waals surface area contributed by atoms with E-state index in [0.29, 0.717) is 6.42 Å². The van der Waals surface area contributed by atoms with E-state index in [1.54, 1.807) is 6.92 Å². The molecule has 0 aliphatic heterocycles. The molecule has 0 saturated carbocycles. The van der Waals surface area contributed by atoms with Gasteiger partial charge in [0.05, 0.1) is 0 Å². The van der Waals surface area contributed by atoms with Gasteiger partial charge in [-0.1, -0.05) is 20.3 Å². The summed E-state index contributed by atoms with van der Waals surface area (Å²) in [5, 5.41) is 10.0. The van der Waals surface area contributed by atoms with E-state index in [1.807, 2.05) is 6.92 Å². The van der Waals surface area contributed by atoms with Gasteiger partial charge in [-0.3, -0.25) is 0 Å². The Labute approximate surface area is 130 Å². The van der Waals surface area contributed by atoms with E-state index in [-0.39, 0.29) is 51.4 Å². The van der Waals surface area contributed by atoms with Crippen molar-refractivity contribution in [3.63, 3.8) is 0 Å². The normalized spacial score (nSPS) is 14.6. The molecule has 6 heteroatoms. The third kappa shape index (κ3) is 4.40. The number of carbonyl (C=O) groups is 1. The molecule has 0 aliphatic rings. The van der Waals surface area contributed by atoms with E-state index in [0.717, 1.165) is 6.42 Å². The third-order valence-corrected chi connectivity index (χ3v) is 4.61. The number of rotatable bonds is 6. The molecule has 1 atom stereocenters. The molecule has 0 N–H and O–H groups in total. The molecule has 0 aromatic carbocycles. The standard InChI is InChI=1S/C8H18O4Si.K/c1-5-6-8(2,7(9)10)13(11-3)12-4;/h13H,5-6H2,1-4H3,(H,9,10);/q;+1/p-1. The van der Waals surface area contributed by atoms with Crippen molar-refractivity contribution in [1.82, 2.24) is 0 Å². The minimum atomic E-state index is -2.16. The molecule has 1 unspecified atom stereocenters. The predicted molar refractivity (Wildman–Crippen MR) is 49.4 cm³/mol. The molecule has 0 aliphatic carbocycles. The van der Waals surface area contributed by atoms with Gasteiger partial charge in [-0.2, -0.15) is 0 Å². The molecule has 0 saturated heterocycles. The fourth-order valence-corrected chi connectivity index (χ4v) is 3.40. The molecule has 4 nitrogen and oxygen atoms in total. The van der Waals surface area contributed by atoms with Gasteiger partial charge in [-0.05, 0) is 6.42 Å². The second kappa shape index (κ2) is 8.40. The molecule has 0 aromatic heterocycles. The van der Waals surface area contributed by atoms with Crippen LogP contribution in [0.25, 0.3) is 0 Å². The molecule has 0 rings (SSSR count). The van der Waals surface area contributed by atoms with Gasteiger partial charge >= 0.3 is 60.7 Å². The summed E-state index contributed by atoms with van der Waals surface area (Å²) < 4.78 is 10.1. The van der Waals surface area contributed by atoms with Gasteiger partial charge in [0.25, 0.3) is 0 Å². The minimum absolute atomic E-state index is 0.